The van der Waals surface area contributed by atoms with Crippen molar-refractivity contribution >= 4 is 34.3 Å². The molecule has 5 heteroatoms. The normalized spacial score (nSPS) is 11.3. The fourth-order valence-corrected chi connectivity index (χ4v) is 3.93. The predicted molar refractivity (Wildman–Crippen MR) is 91.3 cm³/mol. The van der Waals surface area contributed by atoms with E-state index in [-0.39, 0.29) is 5.82 Å². The fraction of sp³-hybridized carbons (Fsp3) is 0.176. The molecule has 1 aromatic heterocycles. The van der Waals surface area contributed by atoms with Gasteiger partial charge in [0.25, 0.3) is 0 Å². The maximum Gasteiger partial charge on any atom is 0.123 e. The molecule has 0 aliphatic rings. The van der Waals surface area contributed by atoms with E-state index in [1.807, 2.05) is 25.1 Å². The molecule has 0 saturated heterocycles. The Labute approximate surface area is 137 Å². The van der Waals surface area contributed by atoms with Crippen LogP contribution in [0.5, 0.6) is 0 Å². The number of nitrogens with two attached hydrogens (primary N) is 1. The van der Waals surface area contributed by atoms with Crippen LogP contribution in [0.4, 0.5) is 4.39 Å². The van der Waals surface area contributed by atoms with Gasteiger partial charge in [-0.3, -0.25) is 0 Å². The Hall–Kier alpha value is -1.49. The Bertz CT molecular complexity index is 829. The molecule has 0 spiro atoms. The lowest BCUT2D eigenvalue weighted by Gasteiger charge is -2.09. The molecular formula is C17H16ClFN2S. The number of aromatic amines is 1. The highest BCUT2D eigenvalue weighted by Crippen LogP contribution is 2.39. The maximum absolute atomic E-state index is 13.6. The van der Waals surface area contributed by atoms with Crippen molar-refractivity contribution in [2.24, 2.45) is 5.73 Å². The average Bonchev–Trinajstić information content (AvgIpc) is 2.78. The third kappa shape index (κ3) is 3.00. The standard InChI is InChI=1S/C17H16ClFN2S/c1-10-17(14-9-13(19)4-5-15(14)21-10)22-16-8-12(18)3-2-11(16)6-7-20/h2-5,8-9,21H,6-7,20H2,1H3. The second-order valence-electron chi connectivity index (χ2n) is 5.16. The molecule has 22 heavy (non-hydrogen) atoms. The Kier molecular flexibility index (Phi) is 4.43. The monoisotopic (exact) mass is 334 g/mol. The van der Waals surface area contributed by atoms with Crippen molar-refractivity contribution in [2.45, 2.75) is 23.1 Å². The molecule has 0 bridgehead atoms. The minimum absolute atomic E-state index is 0.235. The summed E-state index contributed by atoms with van der Waals surface area (Å²) < 4.78 is 13.6. The van der Waals surface area contributed by atoms with E-state index in [2.05, 4.69) is 4.98 Å². The molecular weight excluding hydrogens is 319 g/mol. The Morgan fingerprint density at radius 3 is 2.82 bits per heavy atom. The van der Waals surface area contributed by atoms with Gasteiger partial charge in [-0.15, -0.1) is 0 Å². The maximum atomic E-state index is 13.6. The van der Waals surface area contributed by atoms with Crippen LogP contribution < -0.4 is 5.73 Å². The van der Waals surface area contributed by atoms with Crippen LogP contribution in [0.3, 0.4) is 0 Å². The summed E-state index contributed by atoms with van der Waals surface area (Å²) in [4.78, 5) is 5.38. The van der Waals surface area contributed by atoms with Crippen molar-refractivity contribution in [3.8, 4) is 0 Å². The number of fused-ring (bicyclic) bond motifs is 1. The van der Waals surface area contributed by atoms with Crippen LogP contribution in [-0.4, -0.2) is 11.5 Å². The van der Waals surface area contributed by atoms with Crippen LogP contribution in [0.25, 0.3) is 10.9 Å². The molecule has 1 heterocycles. The van der Waals surface area contributed by atoms with Crippen LogP contribution in [0.2, 0.25) is 5.02 Å². The largest absolute Gasteiger partial charge is 0.358 e. The summed E-state index contributed by atoms with van der Waals surface area (Å²) in [5.41, 5.74) is 8.79. The first kappa shape index (κ1) is 15.4. The molecule has 0 atom stereocenters. The van der Waals surface area contributed by atoms with E-state index in [4.69, 9.17) is 17.3 Å². The van der Waals surface area contributed by atoms with Crippen molar-refractivity contribution in [1.82, 2.24) is 4.98 Å². The van der Waals surface area contributed by atoms with Crippen LogP contribution in [0.15, 0.2) is 46.2 Å². The summed E-state index contributed by atoms with van der Waals surface area (Å²) in [5, 5.41) is 1.58. The highest BCUT2D eigenvalue weighted by molar-refractivity contribution is 7.99. The number of aryl methyl sites for hydroxylation is 1. The summed E-state index contributed by atoms with van der Waals surface area (Å²) in [6, 6.07) is 10.6. The number of hydrogen-bond donors (Lipinski definition) is 2. The van der Waals surface area contributed by atoms with Gasteiger partial charge in [-0.05, 0) is 55.8 Å². The fourth-order valence-electron chi connectivity index (χ4n) is 2.50. The highest BCUT2D eigenvalue weighted by Gasteiger charge is 2.13. The van der Waals surface area contributed by atoms with Gasteiger partial charge in [-0.25, -0.2) is 4.39 Å². The second-order valence-corrected chi connectivity index (χ2v) is 6.65. The van der Waals surface area contributed by atoms with Crippen molar-refractivity contribution in [3.05, 3.63) is 58.5 Å². The number of benzene rings is 2. The quantitative estimate of drug-likeness (QED) is 0.711. The van der Waals surface area contributed by atoms with Gasteiger partial charge in [0.2, 0.25) is 0 Å². The van der Waals surface area contributed by atoms with E-state index in [9.17, 15) is 4.39 Å². The van der Waals surface area contributed by atoms with Crippen molar-refractivity contribution < 1.29 is 4.39 Å². The molecule has 2 aromatic carbocycles. The van der Waals surface area contributed by atoms with Crippen LogP contribution in [-0.2, 0) is 6.42 Å². The summed E-state index contributed by atoms with van der Waals surface area (Å²) in [6.45, 7) is 2.57. The van der Waals surface area contributed by atoms with Crippen molar-refractivity contribution in [1.29, 1.82) is 0 Å². The van der Waals surface area contributed by atoms with Crippen LogP contribution in [0.1, 0.15) is 11.3 Å². The third-order valence-corrected chi connectivity index (χ3v) is 5.11. The topological polar surface area (TPSA) is 41.8 Å². The second kappa shape index (κ2) is 6.32. The molecule has 0 aliphatic carbocycles. The summed E-state index contributed by atoms with van der Waals surface area (Å²) in [5.74, 6) is -0.235. The van der Waals surface area contributed by atoms with E-state index in [1.165, 1.54) is 6.07 Å². The first-order valence-electron chi connectivity index (χ1n) is 7.02. The Morgan fingerprint density at radius 1 is 1.23 bits per heavy atom. The first-order chi connectivity index (χ1) is 10.6. The van der Waals surface area contributed by atoms with E-state index < -0.39 is 0 Å². The van der Waals surface area contributed by atoms with Gasteiger partial charge in [0.15, 0.2) is 0 Å². The summed E-state index contributed by atoms with van der Waals surface area (Å²) in [7, 11) is 0. The summed E-state index contributed by atoms with van der Waals surface area (Å²) in [6.07, 6.45) is 0.787. The van der Waals surface area contributed by atoms with Gasteiger partial charge in [0.1, 0.15) is 5.82 Å². The molecule has 2 nitrogen and oxygen atoms in total. The third-order valence-electron chi connectivity index (χ3n) is 3.54. The lowest BCUT2D eigenvalue weighted by Crippen LogP contribution is -2.03. The number of nitrogens with one attached hydrogen (secondary N) is 1. The smallest absolute Gasteiger partial charge is 0.123 e. The molecule has 0 saturated carbocycles. The Balaban J connectivity index is 2.08. The molecule has 0 fully saturated rings. The first-order valence-corrected chi connectivity index (χ1v) is 8.22. The minimum Gasteiger partial charge on any atom is -0.358 e. The van der Waals surface area contributed by atoms with Crippen LogP contribution >= 0.6 is 23.4 Å². The predicted octanol–water partition coefficient (Wildman–Crippen LogP) is 4.92. The van der Waals surface area contributed by atoms with E-state index in [1.54, 1.807) is 23.9 Å². The molecule has 3 aromatic rings. The number of aromatic nitrogens is 1. The molecule has 0 amide bonds. The van der Waals surface area contributed by atoms with Gasteiger partial charge in [-0.2, -0.15) is 0 Å². The highest BCUT2D eigenvalue weighted by atomic mass is 35.5. The number of hydrogen-bond acceptors (Lipinski definition) is 2. The zero-order valence-electron chi connectivity index (χ0n) is 12.1. The minimum atomic E-state index is -0.235. The molecule has 3 N–H and O–H groups in total. The van der Waals surface area contributed by atoms with Gasteiger partial charge >= 0.3 is 0 Å². The molecule has 0 radical (unpaired) electrons. The lowest BCUT2D eigenvalue weighted by atomic mass is 10.1. The van der Waals surface area contributed by atoms with Crippen molar-refractivity contribution in [3.63, 3.8) is 0 Å². The Morgan fingerprint density at radius 2 is 2.05 bits per heavy atom. The zero-order valence-corrected chi connectivity index (χ0v) is 13.7. The van der Waals surface area contributed by atoms with Gasteiger partial charge in [-0.1, -0.05) is 29.4 Å². The van der Waals surface area contributed by atoms with Gasteiger partial charge in [0.05, 0.1) is 0 Å². The average molecular weight is 335 g/mol. The lowest BCUT2D eigenvalue weighted by molar-refractivity contribution is 0.629. The van der Waals surface area contributed by atoms with E-state index >= 15 is 0 Å². The van der Waals surface area contributed by atoms with E-state index in [0.29, 0.717) is 11.6 Å². The van der Waals surface area contributed by atoms with Gasteiger partial charge < -0.3 is 10.7 Å². The SMILES string of the molecule is Cc1[nH]c2ccc(F)cc2c1Sc1cc(Cl)ccc1CCN. The number of H-pyrrole nitrogens is 1. The molecule has 3 rings (SSSR count). The molecule has 114 valence electrons. The van der Waals surface area contributed by atoms with Crippen LogP contribution in [0, 0.1) is 12.7 Å². The van der Waals surface area contributed by atoms with Gasteiger partial charge in [0, 0.05) is 31.4 Å². The number of rotatable bonds is 4. The van der Waals surface area contributed by atoms with Crippen molar-refractivity contribution in [2.75, 3.05) is 6.54 Å². The summed E-state index contributed by atoms with van der Waals surface area (Å²) >= 11 is 7.73. The molecule has 0 unspecified atom stereocenters. The van der Waals surface area contributed by atoms with E-state index in [0.717, 1.165) is 38.4 Å². The number of halogens is 2. The molecule has 0 aliphatic heterocycles. The zero-order chi connectivity index (χ0) is 15.7.